The number of rotatable bonds is 7. The van der Waals surface area contributed by atoms with E-state index in [1.54, 1.807) is 12.7 Å². The number of amides is 1. The molecule has 0 bridgehead atoms. The lowest BCUT2D eigenvalue weighted by molar-refractivity contribution is -0.121. The second-order valence-corrected chi connectivity index (χ2v) is 6.47. The number of benzene rings is 1. The van der Waals surface area contributed by atoms with Gasteiger partial charge in [0.2, 0.25) is 5.91 Å². The predicted molar refractivity (Wildman–Crippen MR) is 92.5 cm³/mol. The monoisotopic (exact) mass is 347 g/mol. The van der Waals surface area contributed by atoms with E-state index in [9.17, 15) is 4.79 Å². The first-order valence-corrected chi connectivity index (χ1v) is 8.67. The zero-order valence-electron chi connectivity index (χ0n) is 13.6. The molecule has 0 radical (unpaired) electrons. The Kier molecular flexibility index (Phi) is 5.82. The third-order valence-corrected chi connectivity index (χ3v) is 4.79. The summed E-state index contributed by atoms with van der Waals surface area (Å²) in [7, 11) is 0. The minimum absolute atomic E-state index is 0.0568. The molecule has 3 rings (SSSR count). The zero-order valence-corrected chi connectivity index (χ0v) is 14.3. The number of carbonyl (C=O) groups is 1. The quantitative estimate of drug-likeness (QED) is 0.833. The van der Waals surface area contributed by atoms with Gasteiger partial charge in [0.1, 0.15) is 12.7 Å². The molecule has 2 heterocycles. The van der Waals surface area contributed by atoms with Gasteiger partial charge in [0.25, 0.3) is 0 Å². The second-order valence-electron chi connectivity index (χ2n) is 6.07. The molecule has 1 N–H and O–H groups in total. The summed E-state index contributed by atoms with van der Waals surface area (Å²) in [5.74, 6) is 0.0568. The van der Waals surface area contributed by atoms with Crippen LogP contribution in [-0.2, 0) is 17.9 Å². The maximum atomic E-state index is 12.1. The van der Waals surface area contributed by atoms with Gasteiger partial charge in [-0.05, 0) is 31.0 Å². The number of likely N-dealkylation sites (tertiary alicyclic amines) is 1. The topological polar surface area (TPSA) is 63.1 Å². The summed E-state index contributed by atoms with van der Waals surface area (Å²) in [6.45, 7) is 3.12. The molecule has 1 unspecified atom stereocenters. The SMILES string of the molecule is O=C(CCN1CCCC1Cn1cncn1)NCc1ccccc1Cl. The van der Waals surface area contributed by atoms with E-state index in [1.165, 1.54) is 6.42 Å². The van der Waals surface area contributed by atoms with E-state index in [-0.39, 0.29) is 5.91 Å². The number of aromatic nitrogens is 3. The lowest BCUT2D eigenvalue weighted by Crippen LogP contribution is -2.36. The van der Waals surface area contributed by atoms with Gasteiger partial charge in [0.15, 0.2) is 0 Å². The third kappa shape index (κ3) is 4.55. The van der Waals surface area contributed by atoms with Crippen molar-refractivity contribution < 1.29 is 4.79 Å². The minimum Gasteiger partial charge on any atom is -0.352 e. The molecule has 0 spiro atoms. The summed E-state index contributed by atoms with van der Waals surface area (Å²) in [5, 5.41) is 7.80. The van der Waals surface area contributed by atoms with Crippen LogP contribution in [0.2, 0.25) is 5.02 Å². The third-order valence-electron chi connectivity index (χ3n) is 4.42. The first-order chi connectivity index (χ1) is 11.7. The van der Waals surface area contributed by atoms with Crippen molar-refractivity contribution in [3.05, 3.63) is 47.5 Å². The Hall–Kier alpha value is -1.92. The summed E-state index contributed by atoms with van der Waals surface area (Å²) in [4.78, 5) is 18.5. The van der Waals surface area contributed by atoms with Gasteiger partial charge in [-0.1, -0.05) is 29.8 Å². The number of nitrogens with one attached hydrogen (secondary N) is 1. The molecule has 1 fully saturated rings. The Bertz CT molecular complexity index is 661. The lowest BCUT2D eigenvalue weighted by atomic mass is 10.2. The van der Waals surface area contributed by atoms with Crippen LogP contribution in [-0.4, -0.2) is 44.7 Å². The second kappa shape index (κ2) is 8.26. The van der Waals surface area contributed by atoms with Crippen LogP contribution in [0.5, 0.6) is 0 Å². The molecule has 2 aromatic rings. The Balaban J connectivity index is 1.43. The standard InChI is InChI=1S/C17H22ClN5O/c18-16-6-2-1-4-14(16)10-20-17(24)7-9-22-8-3-5-15(22)11-23-13-19-12-21-23/h1-2,4,6,12-13,15H,3,5,7-11H2,(H,20,24). The van der Waals surface area contributed by atoms with Crippen molar-refractivity contribution in [2.75, 3.05) is 13.1 Å². The fourth-order valence-corrected chi connectivity index (χ4v) is 3.31. The molecule has 1 saturated heterocycles. The molecular weight excluding hydrogens is 326 g/mol. The van der Waals surface area contributed by atoms with Crippen LogP contribution in [0.1, 0.15) is 24.8 Å². The van der Waals surface area contributed by atoms with Crippen molar-refractivity contribution in [1.82, 2.24) is 25.0 Å². The highest BCUT2D eigenvalue weighted by Gasteiger charge is 2.25. The minimum atomic E-state index is 0.0568. The number of halogens is 1. The maximum Gasteiger partial charge on any atom is 0.221 e. The van der Waals surface area contributed by atoms with Gasteiger partial charge < -0.3 is 5.32 Å². The van der Waals surface area contributed by atoms with E-state index < -0.39 is 0 Å². The first kappa shape index (κ1) is 16.9. The Morgan fingerprint density at radius 2 is 2.25 bits per heavy atom. The predicted octanol–water partition coefficient (Wildman–Crippen LogP) is 2.10. The van der Waals surface area contributed by atoms with Crippen molar-refractivity contribution in [2.45, 2.75) is 38.4 Å². The van der Waals surface area contributed by atoms with Crippen LogP contribution in [0.25, 0.3) is 0 Å². The highest BCUT2D eigenvalue weighted by Crippen LogP contribution is 2.19. The normalized spacial score (nSPS) is 18.0. The first-order valence-electron chi connectivity index (χ1n) is 8.29. The summed E-state index contributed by atoms with van der Waals surface area (Å²) in [5.41, 5.74) is 0.942. The molecule has 1 aromatic heterocycles. The van der Waals surface area contributed by atoms with Gasteiger partial charge in [-0.15, -0.1) is 0 Å². The van der Waals surface area contributed by atoms with Crippen LogP contribution in [0.3, 0.4) is 0 Å². The number of nitrogens with zero attached hydrogens (tertiary/aromatic N) is 4. The molecule has 0 saturated carbocycles. The van der Waals surface area contributed by atoms with Crippen LogP contribution in [0.4, 0.5) is 0 Å². The average Bonchev–Trinajstić information content (AvgIpc) is 3.24. The maximum absolute atomic E-state index is 12.1. The van der Waals surface area contributed by atoms with Gasteiger partial charge in [-0.2, -0.15) is 5.10 Å². The van der Waals surface area contributed by atoms with E-state index >= 15 is 0 Å². The van der Waals surface area contributed by atoms with Crippen molar-refractivity contribution in [3.8, 4) is 0 Å². The molecule has 7 heteroatoms. The van der Waals surface area contributed by atoms with E-state index in [4.69, 9.17) is 11.6 Å². The average molecular weight is 348 g/mol. The molecule has 1 aliphatic rings. The number of hydrogen-bond donors (Lipinski definition) is 1. The van der Waals surface area contributed by atoms with E-state index in [2.05, 4.69) is 20.3 Å². The lowest BCUT2D eigenvalue weighted by Gasteiger charge is -2.23. The highest BCUT2D eigenvalue weighted by molar-refractivity contribution is 6.31. The molecule has 0 aliphatic carbocycles. The van der Waals surface area contributed by atoms with Crippen molar-refractivity contribution in [2.24, 2.45) is 0 Å². The largest absolute Gasteiger partial charge is 0.352 e. The fourth-order valence-electron chi connectivity index (χ4n) is 3.11. The molecule has 24 heavy (non-hydrogen) atoms. The summed E-state index contributed by atoms with van der Waals surface area (Å²) < 4.78 is 1.86. The van der Waals surface area contributed by atoms with Gasteiger partial charge in [0.05, 0.1) is 6.54 Å². The van der Waals surface area contributed by atoms with Crippen molar-refractivity contribution in [3.63, 3.8) is 0 Å². The van der Waals surface area contributed by atoms with E-state index in [0.717, 1.165) is 31.6 Å². The van der Waals surface area contributed by atoms with Crippen LogP contribution < -0.4 is 5.32 Å². The van der Waals surface area contributed by atoms with Crippen molar-refractivity contribution in [1.29, 1.82) is 0 Å². The van der Waals surface area contributed by atoms with Gasteiger partial charge >= 0.3 is 0 Å². The zero-order chi connectivity index (χ0) is 16.8. The molecular formula is C17H22ClN5O. The smallest absolute Gasteiger partial charge is 0.221 e. The van der Waals surface area contributed by atoms with E-state index in [0.29, 0.717) is 24.0 Å². The van der Waals surface area contributed by atoms with Gasteiger partial charge in [-0.3, -0.25) is 14.4 Å². The Morgan fingerprint density at radius 3 is 3.04 bits per heavy atom. The Morgan fingerprint density at radius 1 is 1.38 bits per heavy atom. The fraction of sp³-hybridized carbons (Fsp3) is 0.471. The molecule has 1 amide bonds. The molecule has 1 aromatic carbocycles. The van der Waals surface area contributed by atoms with Crippen LogP contribution in [0, 0.1) is 0 Å². The number of carbonyl (C=O) groups excluding carboxylic acids is 1. The van der Waals surface area contributed by atoms with Gasteiger partial charge in [-0.25, -0.2) is 4.98 Å². The van der Waals surface area contributed by atoms with Crippen molar-refractivity contribution >= 4 is 17.5 Å². The number of hydrogen-bond acceptors (Lipinski definition) is 4. The van der Waals surface area contributed by atoms with Crippen LogP contribution >= 0.6 is 11.6 Å². The van der Waals surface area contributed by atoms with Gasteiger partial charge in [0, 0.05) is 30.6 Å². The summed E-state index contributed by atoms with van der Waals surface area (Å²) in [6.07, 6.45) is 6.11. The molecule has 1 aliphatic heterocycles. The Labute approximate surface area is 146 Å². The van der Waals surface area contributed by atoms with E-state index in [1.807, 2.05) is 28.9 Å². The van der Waals surface area contributed by atoms with Crippen LogP contribution in [0.15, 0.2) is 36.9 Å². The molecule has 128 valence electrons. The molecule has 6 nitrogen and oxygen atoms in total. The summed E-state index contributed by atoms with van der Waals surface area (Å²) in [6, 6.07) is 8.00. The highest BCUT2D eigenvalue weighted by atomic mass is 35.5. The molecule has 1 atom stereocenters. The summed E-state index contributed by atoms with van der Waals surface area (Å²) >= 11 is 6.10.